The number of benzene rings is 1. The topological polar surface area (TPSA) is 56.2 Å². The van der Waals surface area contributed by atoms with E-state index in [0.717, 1.165) is 11.1 Å². The van der Waals surface area contributed by atoms with Gasteiger partial charge in [-0.1, -0.05) is 12.1 Å². The van der Waals surface area contributed by atoms with Gasteiger partial charge in [0.1, 0.15) is 6.26 Å². The molecule has 0 bridgehead atoms. The molecule has 2 rings (SSSR count). The Labute approximate surface area is 80.8 Å². The van der Waals surface area contributed by atoms with E-state index >= 15 is 0 Å². The summed E-state index contributed by atoms with van der Waals surface area (Å²) in [4.78, 5) is 10.7. The molecule has 0 unspecified atom stereocenters. The molecule has 0 amide bonds. The molecule has 0 aliphatic heterocycles. The molecule has 2 N–H and O–H groups in total. The van der Waals surface area contributed by atoms with E-state index in [1.165, 1.54) is 12.3 Å². The van der Waals surface area contributed by atoms with Gasteiger partial charge in [0.25, 0.3) is 0 Å². The number of nitrogen functional groups attached to an aromatic ring is 1. The van der Waals surface area contributed by atoms with Crippen LogP contribution >= 0.6 is 0 Å². The average molecular weight is 187 g/mol. The lowest BCUT2D eigenvalue weighted by Crippen LogP contribution is -1.94. The third kappa shape index (κ3) is 1.66. The Morgan fingerprint density at radius 1 is 1.07 bits per heavy atom. The van der Waals surface area contributed by atoms with Crippen LogP contribution < -0.4 is 11.4 Å². The molecule has 1 heterocycles. The minimum Gasteiger partial charge on any atom is -0.431 e. The fraction of sp³-hybridized carbons (Fsp3) is 0. The summed E-state index contributed by atoms with van der Waals surface area (Å²) in [7, 11) is 0. The zero-order valence-corrected chi connectivity index (χ0v) is 7.44. The van der Waals surface area contributed by atoms with Gasteiger partial charge in [-0.2, -0.15) is 0 Å². The van der Waals surface area contributed by atoms with Gasteiger partial charge in [0.2, 0.25) is 0 Å². The maximum atomic E-state index is 10.7. The molecule has 2 aromatic rings. The van der Waals surface area contributed by atoms with Crippen LogP contribution in [0.15, 0.2) is 51.9 Å². The molecule has 1 aromatic carbocycles. The van der Waals surface area contributed by atoms with Crippen LogP contribution in [-0.2, 0) is 0 Å². The summed E-state index contributed by atoms with van der Waals surface area (Å²) in [5.74, 6) is 0. The third-order valence-corrected chi connectivity index (χ3v) is 1.92. The summed E-state index contributed by atoms with van der Waals surface area (Å²) in [6.07, 6.45) is 1.43. The molecule has 0 aliphatic rings. The zero-order valence-electron chi connectivity index (χ0n) is 7.44. The SMILES string of the molecule is Nc1cccc(-c2ccc(=O)oc2)c1. The van der Waals surface area contributed by atoms with Crippen LogP contribution in [0, 0.1) is 0 Å². The number of nitrogens with two attached hydrogens (primary N) is 1. The maximum Gasteiger partial charge on any atom is 0.335 e. The summed E-state index contributed by atoms with van der Waals surface area (Å²) in [6.45, 7) is 0. The van der Waals surface area contributed by atoms with E-state index in [4.69, 9.17) is 10.2 Å². The molecule has 0 atom stereocenters. The molecule has 14 heavy (non-hydrogen) atoms. The fourth-order valence-corrected chi connectivity index (χ4v) is 1.24. The molecule has 0 aliphatic carbocycles. The highest BCUT2D eigenvalue weighted by Crippen LogP contribution is 2.19. The van der Waals surface area contributed by atoms with Crippen LogP contribution in [0.4, 0.5) is 5.69 Å². The predicted octanol–water partition coefficient (Wildman–Crippen LogP) is 1.89. The Bertz CT molecular complexity index is 482. The van der Waals surface area contributed by atoms with Gasteiger partial charge >= 0.3 is 5.63 Å². The van der Waals surface area contributed by atoms with Crippen molar-refractivity contribution in [1.29, 1.82) is 0 Å². The van der Waals surface area contributed by atoms with Gasteiger partial charge in [-0.15, -0.1) is 0 Å². The minimum atomic E-state index is -0.349. The van der Waals surface area contributed by atoms with Crippen LogP contribution in [-0.4, -0.2) is 0 Å². The van der Waals surface area contributed by atoms with Gasteiger partial charge in [0.15, 0.2) is 0 Å². The lowest BCUT2D eigenvalue weighted by Gasteiger charge is -2.00. The highest BCUT2D eigenvalue weighted by atomic mass is 16.4. The van der Waals surface area contributed by atoms with Crippen molar-refractivity contribution in [2.45, 2.75) is 0 Å². The van der Waals surface area contributed by atoms with Crippen molar-refractivity contribution in [3.8, 4) is 11.1 Å². The zero-order chi connectivity index (χ0) is 9.97. The third-order valence-electron chi connectivity index (χ3n) is 1.92. The second kappa shape index (κ2) is 3.38. The quantitative estimate of drug-likeness (QED) is 0.693. The lowest BCUT2D eigenvalue weighted by atomic mass is 10.1. The molecule has 1 aromatic heterocycles. The fourth-order valence-electron chi connectivity index (χ4n) is 1.24. The molecule has 70 valence electrons. The molecule has 0 spiro atoms. The molecule has 0 fully saturated rings. The Kier molecular flexibility index (Phi) is 2.07. The average Bonchev–Trinajstić information content (AvgIpc) is 2.19. The smallest absolute Gasteiger partial charge is 0.335 e. The van der Waals surface area contributed by atoms with Crippen molar-refractivity contribution in [1.82, 2.24) is 0 Å². The standard InChI is InChI=1S/C11H9NO2/c12-10-3-1-2-8(6-10)9-4-5-11(13)14-7-9/h1-7H,12H2. The molecule has 3 nitrogen and oxygen atoms in total. The lowest BCUT2D eigenvalue weighted by molar-refractivity contribution is 0.512. The van der Waals surface area contributed by atoms with E-state index in [1.807, 2.05) is 24.3 Å². The number of hydrogen-bond acceptors (Lipinski definition) is 3. The van der Waals surface area contributed by atoms with Crippen LogP contribution in [0.5, 0.6) is 0 Å². The van der Waals surface area contributed by atoms with Crippen LogP contribution in [0.25, 0.3) is 11.1 Å². The van der Waals surface area contributed by atoms with Gasteiger partial charge in [-0.05, 0) is 23.8 Å². The minimum absolute atomic E-state index is 0.349. The van der Waals surface area contributed by atoms with E-state index in [-0.39, 0.29) is 5.63 Å². The molecular weight excluding hydrogens is 178 g/mol. The maximum absolute atomic E-state index is 10.7. The van der Waals surface area contributed by atoms with Crippen LogP contribution in [0.1, 0.15) is 0 Å². The largest absolute Gasteiger partial charge is 0.431 e. The summed E-state index contributed by atoms with van der Waals surface area (Å²) in [6, 6.07) is 10.5. The number of anilines is 1. The van der Waals surface area contributed by atoms with E-state index in [1.54, 1.807) is 6.07 Å². The number of hydrogen-bond donors (Lipinski definition) is 1. The van der Waals surface area contributed by atoms with Crippen LogP contribution in [0.3, 0.4) is 0 Å². The highest BCUT2D eigenvalue weighted by Gasteiger charge is 1.98. The Morgan fingerprint density at radius 3 is 2.57 bits per heavy atom. The van der Waals surface area contributed by atoms with Crippen molar-refractivity contribution in [3.05, 3.63) is 53.1 Å². The summed E-state index contributed by atoms with van der Waals surface area (Å²) in [5.41, 5.74) is 7.76. The van der Waals surface area contributed by atoms with E-state index in [0.29, 0.717) is 5.69 Å². The first-order valence-electron chi connectivity index (χ1n) is 4.20. The summed E-state index contributed by atoms with van der Waals surface area (Å²) >= 11 is 0. The van der Waals surface area contributed by atoms with Gasteiger partial charge < -0.3 is 10.2 Å². The van der Waals surface area contributed by atoms with Crippen molar-refractivity contribution in [2.75, 3.05) is 5.73 Å². The van der Waals surface area contributed by atoms with Gasteiger partial charge in [0, 0.05) is 17.3 Å². The molecule has 0 saturated carbocycles. The Hall–Kier alpha value is -2.03. The monoisotopic (exact) mass is 187 g/mol. The van der Waals surface area contributed by atoms with Crippen molar-refractivity contribution < 1.29 is 4.42 Å². The number of rotatable bonds is 1. The first-order chi connectivity index (χ1) is 6.75. The predicted molar refractivity (Wildman–Crippen MR) is 54.8 cm³/mol. The van der Waals surface area contributed by atoms with Crippen LogP contribution in [0.2, 0.25) is 0 Å². The second-order valence-electron chi connectivity index (χ2n) is 2.97. The normalized spacial score (nSPS) is 10.0. The van der Waals surface area contributed by atoms with Gasteiger partial charge in [-0.3, -0.25) is 0 Å². The van der Waals surface area contributed by atoms with E-state index in [2.05, 4.69) is 0 Å². The Balaban J connectivity index is 2.49. The first kappa shape index (κ1) is 8.56. The molecule has 0 saturated heterocycles. The first-order valence-corrected chi connectivity index (χ1v) is 4.20. The van der Waals surface area contributed by atoms with Crippen molar-refractivity contribution in [3.63, 3.8) is 0 Å². The van der Waals surface area contributed by atoms with E-state index in [9.17, 15) is 4.79 Å². The van der Waals surface area contributed by atoms with Crippen molar-refractivity contribution in [2.24, 2.45) is 0 Å². The summed E-state index contributed by atoms with van der Waals surface area (Å²) < 4.78 is 4.76. The highest BCUT2D eigenvalue weighted by molar-refractivity contribution is 5.65. The molecule has 3 heteroatoms. The second-order valence-corrected chi connectivity index (χ2v) is 2.97. The van der Waals surface area contributed by atoms with Crippen molar-refractivity contribution >= 4 is 5.69 Å². The van der Waals surface area contributed by atoms with Gasteiger partial charge in [0.05, 0.1) is 0 Å². The Morgan fingerprint density at radius 2 is 1.93 bits per heavy atom. The molecular formula is C11H9NO2. The molecule has 0 radical (unpaired) electrons. The van der Waals surface area contributed by atoms with E-state index < -0.39 is 0 Å². The van der Waals surface area contributed by atoms with Gasteiger partial charge in [-0.25, -0.2) is 4.79 Å². The summed E-state index contributed by atoms with van der Waals surface area (Å²) in [5, 5.41) is 0.